The number of rotatable bonds is 2. The highest BCUT2D eigenvalue weighted by Gasteiger charge is 2.67. The summed E-state index contributed by atoms with van der Waals surface area (Å²) in [5.74, 6) is 1.24. The molecule has 4 saturated heterocycles. The number of aliphatic hydroxyl groups is 1. The Balaban J connectivity index is 1.57. The smallest absolute Gasteiger partial charge is 0.187 e. The zero-order valence-corrected chi connectivity index (χ0v) is 13.4. The van der Waals surface area contributed by atoms with E-state index in [-0.39, 0.29) is 6.04 Å². The van der Waals surface area contributed by atoms with Gasteiger partial charge in [0.05, 0.1) is 12.6 Å². The number of hydrogen-bond acceptors (Lipinski definition) is 4. The molecule has 2 bridgehead atoms. The van der Waals surface area contributed by atoms with Crippen LogP contribution in [-0.2, 0) is 10.3 Å². The molecule has 122 valence electrons. The van der Waals surface area contributed by atoms with Crippen molar-refractivity contribution in [1.29, 1.82) is 0 Å². The zero-order valence-electron chi connectivity index (χ0n) is 13.4. The number of fused-ring (bicyclic) bond motifs is 7. The van der Waals surface area contributed by atoms with Crippen LogP contribution in [0.25, 0.3) is 0 Å². The summed E-state index contributed by atoms with van der Waals surface area (Å²) in [6, 6.07) is 8.35. The summed E-state index contributed by atoms with van der Waals surface area (Å²) in [7, 11) is 0. The number of benzene rings is 1. The van der Waals surface area contributed by atoms with Crippen molar-refractivity contribution < 1.29 is 9.84 Å². The molecule has 5 heterocycles. The van der Waals surface area contributed by atoms with Gasteiger partial charge in [0.2, 0.25) is 0 Å². The van der Waals surface area contributed by atoms with E-state index in [1.165, 1.54) is 6.42 Å². The molecule has 23 heavy (non-hydrogen) atoms. The average molecular weight is 312 g/mol. The fourth-order valence-electron chi connectivity index (χ4n) is 5.51. The maximum atomic E-state index is 11.6. The van der Waals surface area contributed by atoms with E-state index in [9.17, 15) is 5.11 Å². The van der Waals surface area contributed by atoms with Crippen molar-refractivity contribution in [3.05, 3.63) is 42.5 Å². The lowest BCUT2D eigenvalue weighted by atomic mass is 9.70. The fourth-order valence-corrected chi connectivity index (χ4v) is 5.51. The molecule has 1 aromatic carbocycles. The lowest BCUT2D eigenvalue weighted by Crippen LogP contribution is -2.68. The molecular weight excluding hydrogens is 288 g/mol. The molecule has 5 aliphatic rings. The quantitative estimate of drug-likeness (QED) is 0.823. The van der Waals surface area contributed by atoms with Crippen LogP contribution in [0.15, 0.2) is 36.9 Å². The van der Waals surface area contributed by atoms with Crippen molar-refractivity contribution in [2.75, 3.05) is 25.0 Å². The van der Waals surface area contributed by atoms with E-state index in [4.69, 9.17) is 4.74 Å². The van der Waals surface area contributed by atoms with Crippen molar-refractivity contribution in [2.24, 2.45) is 11.8 Å². The second-order valence-electron chi connectivity index (χ2n) is 7.56. The predicted molar refractivity (Wildman–Crippen MR) is 89.0 cm³/mol. The Hall–Kier alpha value is -1.36. The van der Waals surface area contributed by atoms with Crippen LogP contribution < -0.4 is 5.32 Å². The molecule has 4 heteroatoms. The summed E-state index contributed by atoms with van der Waals surface area (Å²) in [6.45, 7) is 6.76. The van der Waals surface area contributed by atoms with Crippen molar-refractivity contribution in [2.45, 2.75) is 36.6 Å². The first-order chi connectivity index (χ1) is 11.2. The first kappa shape index (κ1) is 14.0. The van der Waals surface area contributed by atoms with E-state index < -0.39 is 11.3 Å². The molecule has 4 fully saturated rings. The second-order valence-corrected chi connectivity index (χ2v) is 7.56. The SMILES string of the molecule is C=CC1CN2CCC1CC2C12Nc3ccccc3C1(O)CCO2. The van der Waals surface area contributed by atoms with Crippen molar-refractivity contribution in [3.8, 4) is 0 Å². The normalized spacial score (nSPS) is 47.0. The third kappa shape index (κ3) is 1.61. The summed E-state index contributed by atoms with van der Waals surface area (Å²) in [5, 5.41) is 15.2. The molecule has 0 saturated carbocycles. The number of nitrogens with one attached hydrogen (secondary N) is 1. The van der Waals surface area contributed by atoms with Crippen LogP contribution in [0.4, 0.5) is 5.69 Å². The number of piperidine rings is 3. The van der Waals surface area contributed by atoms with E-state index in [1.54, 1.807) is 0 Å². The Labute approximate surface area is 137 Å². The number of nitrogens with zero attached hydrogens (tertiary/aromatic N) is 1. The van der Waals surface area contributed by atoms with Gasteiger partial charge < -0.3 is 15.2 Å². The zero-order chi connectivity index (χ0) is 15.7. The minimum Gasteiger partial charge on any atom is -0.380 e. The predicted octanol–water partition coefficient (Wildman–Crippen LogP) is 2.31. The largest absolute Gasteiger partial charge is 0.380 e. The molecule has 0 radical (unpaired) electrons. The number of ether oxygens (including phenoxy) is 1. The number of hydrogen-bond donors (Lipinski definition) is 2. The lowest BCUT2D eigenvalue weighted by molar-refractivity contribution is -0.168. The molecule has 4 nitrogen and oxygen atoms in total. The van der Waals surface area contributed by atoms with Gasteiger partial charge in [-0.25, -0.2) is 0 Å². The minimum atomic E-state index is -0.921. The van der Waals surface area contributed by atoms with E-state index in [1.807, 2.05) is 18.2 Å². The van der Waals surface area contributed by atoms with E-state index in [2.05, 4.69) is 28.9 Å². The van der Waals surface area contributed by atoms with Crippen molar-refractivity contribution in [3.63, 3.8) is 0 Å². The van der Waals surface area contributed by atoms with Gasteiger partial charge in [-0.3, -0.25) is 4.90 Å². The van der Waals surface area contributed by atoms with Crippen LogP contribution >= 0.6 is 0 Å². The molecule has 6 rings (SSSR count). The number of anilines is 1. The van der Waals surface area contributed by atoms with Crippen LogP contribution in [0.2, 0.25) is 0 Å². The Morgan fingerprint density at radius 1 is 1.39 bits per heavy atom. The van der Waals surface area contributed by atoms with Crippen LogP contribution in [0.1, 0.15) is 24.8 Å². The Morgan fingerprint density at radius 2 is 2.26 bits per heavy atom. The Kier molecular flexibility index (Phi) is 2.80. The maximum absolute atomic E-state index is 11.6. The average Bonchev–Trinajstić information content (AvgIpc) is 3.05. The molecule has 0 aromatic heterocycles. The van der Waals surface area contributed by atoms with Crippen LogP contribution in [0.5, 0.6) is 0 Å². The van der Waals surface area contributed by atoms with Gasteiger partial charge >= 0.3 is 0 Å². The van der Waals surface area contributed by atoms with E-state index in [0.717, 1.165) is 30.8 Å². The molecule has 0 aliphatic carbocycles. The summed E-state index contributed by atoms with van der Waals surface area (Å²) in [4.78, 5) is 2.52. The fraction of sp³-hybridized carbons (Fsp3) is 0.579. The van der Waals surface area contributed by atoms with E-state index in [0.29, 0.717) is 24.9 Å². The third-order valence-electron chi connectivity index (χ3n) is 6.68. The van der Waals surface area contributed by atoms with Crippen molar-refractivity contribution in [1.82, 2.24) is 4.90 Å². The number of para-hydroxylation sites is 1. The summed E-state index contributed by atoms with van der Waals surface area (Å²) < 4.78 is 6.28. The van der Waals surface area contributed by atoms with Gasteiger partial charge in [0.1, 0.15) is 5.60 Å². The Bertz CT molecular complexity index is 663. The maximum Gasteiger partial charge on any atom is 0.187 e. The van der Waals surface area contributed by atoms with Gasteiger partial charge in [0, 0.05) is 24.2 Å². The Morgan fingerprint density at radius 3 is 3.04 bits per heavy atom. The highest BCUT2D eigenvalue weighted by molar-refractivity contribution is 5.63. The molecule has 6 unspecified atom stereocenters. The monoisotopic (exact) mass is 312 g/mol. The van der Waals surface area contributed by atoms with Gasteiger partial charge in [0.15, 0.2) is 5.72 Å². The van der Waals surface area contributed by atoms with Crippen molar-refractivity contribution >= 4 is 5.69 Å². The molecular formula is C19H24N2O2. The van der Waals surface area contributed by atoms with Gasteiger partial charge in [-0.1, -0.05) is 24.3 Å². The minimum absolute atomic E-state index is 0.220. The summed E-state index contributed by atoms with van der Waals surface area (Å²) in [6.07, 6.45) is 5.08. The lowest BCUT2D eigenvalue weighted by Gasteiger charge is -2.55. The standard InChI is InChI=1S/C19H24N2O2/c1-2-13-12-21-9-7-14(13)11-17(21)19-18(22,8-10-23-19)15-5-3-4-6-16(15)20-19/h2-6,13-14,17,20,22H,1,7-12H2. The highest BCUT2D eigenvalue weighted by Crippen LogP contribution is 2.57. The third-order valence-corrected chi connectivity index (χ3v) is 6.68. The first-order valence-electron chi connectivity index (χ1n) is 8.78. The first-order valence-corrected chi connectivity index (χ1v) is 8.78. The topological polar surface area (TPSA) is 44.7 Å². The molecule has 1 aromatic rings. The summed E-state index contributed by atoms with van der Waals surface area (Å²) in [5.41, 5.74) is 0.412. The second kappa shape index (κ2) is 4.59. The van der Waals surface area contributed by atoms with Gasteiger partial charge in [-0.15, -0.1) is 6.58 Å². The molecule has 0 spiro atoms. The van der Waals surface area contributed by atoms with Crippen LogP contribution in [0.3, 0.4) is 0 Å². The molecule has 5 aliphatic heterocycles. The van der Waals surface area contributed by atoms with E-state index >= 15 is 0 Å². The van der Waals surface area contributed by atoms with Gasteiger partial charge in [-0.2, -0.15) is 0 Å². The molecule has 2 N–H and O–H groups in total. The molecule has 0 amide bonds. The summed E-state index contributed by atoms with van der Waals surface area (Å²) >= 11 is 0. The van der Waals surface area contributed by atoms with Gasteiger partial charge in [0.25, 0.3) is 0 Å². The van der Waals surface area contributed by atoms with Crippen LogP contribution in [-0.4, -0.2) is 41.5 Å². The van der Waals surface area contributed by atoms with Gasteiger partial charge in [-0.05, 0) is 37.3 Å². The highest BCUT2D eigenvalue weighted by atomic mass is 16.5. The molecule has 6 atom stereocenters. The van der Waals surface area contributed by atoms with Crippen LogP contribution in [0, 0.1) is 11.8 Å².